The summed E-state index contributed by atoms with van der Waals surface area (Å²) in [7, 11) is 0. The highest BCUT2D eigenvalue weighted by atomic mass is 35.5. The fourth-order valence-corrected chi connectivity index (χ4v) is 4.29. The van der Waals surface area contributed by atoms with Gasteiger partial charge in [0.25, 0.3) is 5.91 Å². The summed E-state index contributed by atoms with van der Waals surface area (Å²) in [6.07, 6.45) is 5.01. The molecule has 0 saturated carbocycles. The lowest BCUT2D eigenvalue weighted by Gasteiger charge is -2.32. The summed E-state index contributed by atoms with van der Waals surface area (Å²) in [5.41, 5.74) is 0. The van der Waals surface area contributed by atoms with Gasteiger partial charge in [-0.3, -0.25) is 9.78 Å². The maximum atomic E-state index is 12.9. The van der Waals surface area contributed by atoms with E-state index in [0.29, 0.717) is 17.3 Å². The first-order valence-electron chi connectivity index (χ1n) is 8.25. The highest BCUT2D eigenvalue weighted by Crippen LogP contribution is 2.29. The number of rotatable bonds is 3. The molecule has 3 heterocycles. The molecule has 0 N–H and O–H groups in total. The van der Waals surface area contributed by atoms with Crippen LogP contribution in [0.1, 0.15) is 22.5 Å². The number of thiophene rings is 1. The molecule has 1 aliphatic rings. The third kappa shape index (κ3) is 3.48. The van der Waals surface area contributed by atoms with Gasteiger partial charge in [-0.1, -0.05) is 29.8 Å². The van der Waals surface area contributed by atoms with Crippen LogP contribution in [0, 0.1) is 0 Å². The average Bonchev–Trinajstić information content (AvgIpc) is 3.07. The van der Waals surface area contributed by atoms with Gasteiger partial charge in [-0.15, -0.1) is 11.3 Å². The van der Waals surface area contributed by atoms with Crippen molar-refractivity contribution in [3.05, 3.63) is 58.7 Å². The normalized spacial score (nSPS) is 17.6. The number of likely N-dealkylation sites (tertiary alicyclic amines) is 1. The van der Waals surface area contributed by atoms with Crippen LogP contribution in [-0.4, -0.2) is 35.0 Å². The van der Waals surface area contributed by atoms with Crippen molar-refractivity contribution >= 4 is 38.9 Å². The molecule has 1 atom stereocenters. The van der Waals surface area contributed by atoms with E-state index in [9.17, 15) is 4.79 Å². The van der Waals surface area contributed by atoms with Gasteiger partial charge < -0.3 is 9.64 Å². The molecule has 1 aromatic carbocycles. The molecule has 128 valence electrons. The number of ether oxygens (including phenoxy) is 1. The second kappa shape index (κ2) is 7.02. The van der Waals surface area contributed by atoms with E-state index >= 15 is 0 Å². The first-order chi connectivity index (χ1) is 12.2. The lowest BCUT2D eigenvalue weighted by atomic mass is 10.1. The second-order valence-electron chi connectivity index (χ2n) is 6.09. The van der Waals surface area contributed by atoms with Crippen molar-refractivity contribution in [2.45, 2.75) is 18.9 Å². The summed E-state index contributed by atoms with van der Waals surface area (Å²) in [4.78, 5) is 19.5. The van der Waals surface area contributed by atoms with Crippen molar-refractivity contribution in [2.75, 3.05) is 13.1 Å². The molecule has 2 aromatic heterocycles. The Hall–Kier alpha value is -2.11. The Bertz CT molecular complexity index is 878. The van der Waals surface area contributed by atoms with Crippen molar-refractivity contribution in [1.82, 2.24) is 9.88 Å². The molecule has 0 aliphatic carbocycles. The van der Waals surface area contributed by atoms with E-state index < -0.39 is 0 Å². The van der Waals surface area contributed by atoms with Crippen LogP contribution in [0.4, 0.5) is 0 Å². The standard InChI is InChI=1S/C19H17ClN2O2S/c20-15-11-21-8-7-16(15)24-14-5-3-9-22(12-14)19(23)18-10-13-4-1-2-6-17(13)25-18/h1-2,4,6-8,10-11,14H,3,5,9,12H2. The minimum Gasteiger partial charge on any atom is -0.487 e. The number of carbonyl (C=O) groups excluding carboxylic acids is 1. The molecule has 4 nitrogen and oxygen atoms in total. The molecular weight excluding hydrogens is 356 g/mol. The molecule has 1 saturated heterocycles. The van der Waals surface area contributed by atoms with Crippen LogP contribution in [0.3, 0.4) is 0 Å². The van der Waals surface area contributed by atoms with Crippen LogP contribution >= 0.6 is 22.9 Å². The number of nitrogens with zero attached hydrogens (tertiary/aromatic N) is 2. The fraction of sp³-hybridized carbons (Fsp3) is 0.263. The number of carbonyl (C=O) groups is 1. The third-order valence-corrected chi connectivity index (χ3v) is 5.72. The van der Waals surface area contributed by atoms with Crippen LogP contribution in [0.5, 0.6) is 5.75 Å². The highest BCUT2D eigenvalue weighted by Gasteiger charge is 2.27. The maximum absolute atomic E-state index is 12.9. The summed E-state index contributed by atoms with van der Waals surface area (Å²) >= 11 is 7.66. The number of amides is 1. The number of aromatic nitrogens is 1. The Morgan fingerprint density at radius 1 is 1.32 bits per heavy atom. The monoisotopic (exact) mass is 372 g/mol. The van der Waals surface area contributed by atoms with E-state index in [4.69, 9.17) is 16.3 Å². The Morgan fingerprint density at radius 3 is 3.04 bits per heavy atom. The minimum absolute atomic E-state index is 0.0491. The minimum atomic E-state index is -0.0491. The summed E-state index contributed by atoms with van der Waals surface area (Å²) in [5.74, 6) is 0.702. The summed E-state index contributed by atoms with van der Waals surface area (Å²) in [6, 6.07) is 11.8. The van der Waals surface area contributed by atoms with Crippen molar-refractivity contribution in [2.24, 2.45) is 0 Å². The number of piperidine rings is 1. The van der Waals surface area contributed by atoms with Crippen molar-refractivity contribution in [3.63, 3.8) is 0 Å². The van der Waals surface area contributed by atoms with Gasteiger partial charge in [-0.25, -0.2) is 0 Å². The molecule has 1 fully saturated rings. The Labute approximate surface area is 155 Å². The van der Waals surface area contributed by atoms with Gasteiger partial charge in [0.1, 0.15) is 16.9 Å². The zero-order valence-corrected chi connectivity index (χ0v) is 15.1. The molecule has 1 aliphatic heterocycles. The van der Waals surface area contributed by atoms with E-state index in [-0.39, 0.29) is 12.0 Å². The fourth-order valence-electron chi connectivity index (χ4n) is 3.10. The van der Waals surface area contributed by atoms with Gasteiger partial charge >= 0.3 is 0 Å². The van der Waals surface area contributed by atoms with E-state index in [2.05, 4.69) is 4.98 Å². The highest BCUT2D eigenvalue weighted by molar-refractivity contribution is 7.20. The molecule has 0 bridgehead atoms. The molecule has 4 rings (SSSR count). The number of halogens is 1. The quantitative estimate of drug-likeness (QED) is 0.673. The molecule has 1 amide bonds. The second-order valence-corrected chi connectivity index (χ2v) is 7.58. The predicted molar refractivity (Wildman–Crippen MR) is 101 cm³/mol. The zero-order valence-electron chi connectivity index (χ0n) is 13.5. The van der Waals surface area contributed by atoms with E-state index in [1.165, 1.54) is 0 Å². The smallest absolute Gasteiger partial charge is 0.264 e. The number of benzene rings is 1. The van der Waals surface area contributed by atoms with Crippen molar-refractivity contribution in [1.29, 1.82) is 0 Å². The van der Waals surface area contributed by atoms with E-state index in [1.807, 2.05) is 35.2 Å². The molecule has 6 heteroatoms. The van der Waals surface area contributed by atoms with Gasteiger partial charge in [-0.05, 0) is 30.4 Å². The van der Waals surface area contributed by atoms with Gasteiger partial charge in [0, 0.05) is 29.7 Å². The van der Waals surface area contributed by atoms with Gasteiger partial charge in [0.15, 0.2) is 0 Å². The average molecular weight is 373 g/mol. The molecule has 3 aromatic rings. The molecule has 25 heavy (non-hydrogen) atoms. The molecular formula is C19H17ClN2O2S. The molecule has 0 spiro atoms. The number of fused-ring (bicyclic) bond motifs is 1. The lowest BCUT2D eigenvalue weighted by Crippen LogP contribution is -2.44. The Morgan fingerprint density at radius 2 is 2.20 bits per heavy atom. The summed E-state index contributed by atoms with van der Waals surface area (Å²) in [6.45, 7) is 1.34. The van der Waals surface area contributed by atoms with Crippen LogP contribution in [0.2, 0.25) is 5.02 Å². The van der Waals surface area contributed by atoms with Crippen LogP contribution in [0.15, 0.2) is 48.8 Å². The van der Waals surface area contributed by atoms with Gasteiger partial charge in [0.05, 0.1) is 11.4 Å². The SMILES string of the molecule is O=C(c1cc2ccccc2s1)N1CCCC(Oc2ccncc2Cl)C1. The van der Waals surface area contributed by atoms with Gasteiger partial charge in [0.2, 0.25) is 0 Å². The van der Waals surface area contributed by atoms with E-state index in [0.717, 1.165) is 34.3 Å². The molecule has 0 radical (unpaired) electrons. The predicted octanol–water partition coefficient (Wildman–Crippen LogP) is 4.63. The largest absolute Gasteiger partial charge is 0.487 e. The first kappa shape index (κ1) is 16.4. The van der Waals surface area contributed by atoms with Crippen molar-refractivity contribution in [3.8, 4) is 5.75 Å². The van der Waals surface area contributed by atoms with Crippen LogP contribution in [-0.2, 0) is 0 Å². The number of pyridine rings is 1. The van der Waals surface area contributed by atoms with Crippen LogP contribution in [0.25, 0.3) is 10.1 Å². The van der Waals surface area contributed by atoms with Gasteiger partial charge in [-0.2, -0.15) is 0 Å². The zero-order chi connectivity index (χ0) is 17.2. The topological polar surface area (TPSA) is 42.4 Å². The maximum Gasteiger partial charge on any atom is 0.264 e. The van der Waals surface area contributed by atoms with Crippen molar-refractivity contribution < 1.29 is 9.53 Å². The molecule has 1 unspecified atom stereocenters. The third-order valence-electron chi connectivity index (χ3n) is 4.33. The van der Waals surface area contributed by atoms with Crippen LogP contribution < -0.4 is 4.74 Å². The number of hydrogen-bond acceptors (Lipinski definition) is 4. The Kier molecular flexibility index (Phi) is 4.59. The summed E-state index contributed by atoms with van der Waals surface area (Å²) in [5, 5.41) is 1.61. The number of hydrogen-bond donors (Lipinski definition) is 0. The Balaban J connectivity index is 1.48. The lowest BCUT2D eigenvalue weighted by molar-refractivity contribution is 0.0542. The summed E-state index contributed by atoms with van der Waals surface area (Å²) < 4.78 is 7.14. The first-order valence-corrected chi connectivity index (χ1v) is 9.44. The van der Waals surface area contributed by atoms with E-state index in [1.54, 1.807) is 29.8 Å².